The number of hydrazine groups is 1. The van der Waals surface area contributed by atoms with Crippen molar-refractivity contribution in [3.05, 3.63) is 60.7 Å². The Morgan fingerprint density at radius 1 is 0.912 bits per heavy atom. The first-order valence-corrected chi connectivity index (χ1v) is 11.9. The van der Waals surface area contributed by atoms with Crippen LogP contribution in [0.4, 0.5) is 16.2 Å². The van der Waals surface area contributed by atoms with Gasteiger partial charge in [-0.05, 0) is 37.1 Å². The number of amides is 4. The summed E-state index contributed by atoms with van der Waals surface area (Å²) in [6, 6.07) is 18.1. The molecule has 0 aliphatic rings. The largest absolute Gasteiger partial charge is 0.347 e. The molecule has 8 heteroatoms. The predicted molar refractivity (Wildman–Crippen MR) is 132 cm³/mol. The molecule has 4 amide bonds. The highest BCUT2D eigenvalue weighted by Crippen LogP contribution is 2.26. The monoisotopic (exact) mass is 468 g/mol. The molecule has 2 rings (SSSR count). The van der Waals surface area contributed by atoms with E-state index in [1.165, 1.54) is 5.01 Å². The summed E-state index contributed by atoms with van der Waals surface area (Å²) in [6.07, 6.45) is 5.02. The number of hydrogen-bond acceptors (Lipinski definition) is 4. The van der Waals surface area contributed by atoms with E-state index in [-0.39, 0.29) is 19.0 Å². The van der Waals surface area contributed by atoms with Crippen molar-refractivity contribution in [1.82, 2.24) is 15.5 Å². The van der Waals surface area contributed by atoms with Gasteiger partial charge in [0.05, 0.1) is 23.8 Å². The normalized spacial score (nSPS) is 11.4. The number of hydrogen-bond donors (Lipinski definition) is 2. The minimum absolute atomic E-state index is 0.129. The molecule has 0 heterocycles. The summed E-state index contributed by atoms with van der Waals surface area (Å²) < 4.78 is 0. The van der Waals surface area contributed by atoms with Crippen molar-refractivity contribution in [1.29, 1.82) is 0 Å². The number of hydroxylamine groups is 2. The molecule has 0 unspecified atom stereocenters. The summed E-state index contributed by atoms with van der Waals surface area (Å²) in [5, 5.41) is 11.5. The Balaban J connectivity index is 2.30. The summed E-state index contributed by atoms with van der Waals surface area (Å²) in [4.78, 5) is 39.5. The zero-order valence-corrected chi connectivity index (χ0v) is 20.1. The van der Waals surface area contributed by atoms with E-state index in [2.05, 4.69) is 12.3 Å². The van der Waals surface area contributed by atoms with Gasteiger partial charge in [-0.2, -0.15) is 0 Å². The van der Waals surface area contributed by atoms with Crippen molar-refractivity contribution in [2.75, 3.05) is 18.0 Å². The van der Waals surface area contributed by atoms with Gasteiger partial charge in [0.1, 0.15) is 0 Å². The van der Waals surface area contributed by atoms with Gasteiger partial charge in [-0.25, -0.2) is 14.9 Å². The molecule has 2 aromatic rings. The number of carbonyl (C=O) groups excluding carboxylic acids is 3. The molecule has 0 saturated heterocycles. The minimum Gasteiger partial charge on any atom is -0.286 e. The van der Waals surface area contributed by atoms with Gasteiger partial charge in [0.15, 0.2) is 0 Å². The van der Waals surface area contributed by atoms with Gasteiger partial charge in [0.25, 0.3) is 0 Å². The molecular weight excluding hydrogens is 432 g/mol. The first-order valence-electron chi connectivity index (χ1n) is 11.9. The first kappa shape index (κ1) is 26.9. The van der Waals surface area contributed by atoms with E-state index in [0.717, 1.165) is 25.7 Å². The lowest BCUT2D eigenvalue weighted by Gasteiger charge is -2.32. The lowest BCUT2D eigenvalue weighted by molar-refractivity contribution is -0.155. The molecule has 184 valence electrons. The summed E-state index contributed by atoms with van der Waals surface area (Å²) >= 11 is 0. The molecule has 0 aliphatic heterocycles. The van der Waals surface area contributed by atoms with Crippen molar-refractivity contribution < 1.29 is 19.6 Å². The van der Waals surface area contributed by atoms with E-state index in [1.54, 1.807) is 4.90 Å². The van der Waals surface area contributed by atoms with Crippen LogP contribution in [0.15, 0.2) is 60.7 Å². The fourth-order valence-electron chi connectivity index (χ4n) is 3.60. The zero-order chi connectivity index (χ0) is 24.8. The maximum absolute atomic E-state index is 13.8. The van der Waals surface area contributed by atoms with Gasteiger partial charge < -0.3 is 0 Å². The number of para-hydroxylation sites is 2. The molecule has 8 nitrogen and oxygen atoms in total. The Morgan fingerprint density at radius 3 is 1.97 bits per heavy atom. The highest BCUT2D eigenvalue weighted by molar-refractivity contribution is 6.00. The predicted octanol–water partition coefficient (Wildman–Crippen LogP) is 5.12. The summed E-state index contributed by atoms with van der Waals surface area (Å²) in [7, 11) is 0. The van der Waals surface area contributed by atoms with Gasteiger partial charge in [-0.1, -0.05) is 75.9 Å². The lowest BCUT2D eigenvalue weighted by Crippen LogP contribution is -2.53. The summed E-state index contributed by atoms with van der Waals surface area (Å²) in [5.74, 6) is -1.04. The Bertz CT molecular complexity index is 839. The average Bonchev–Trinajstić information content (AvgIpc) is 2.87. The summed E-state index contributed by atoms with van der Waals surface area (Å²) in [5.41, 5.74) is 4.13. The number of carbonyl (C=O) groups is 3. The summed E-state index contributed by atoms with van der Waals surface area (Å²) in [6.45, 7) is 4.27. The van der Waals surface area contributed by atoms with E-state index in [1.807, 2.05) is 67.6 Å². The van der Waals surface area contributed by atoms with Gasteiger partial charge in [0.2, 0.25) is 12.3 Å². The molecule has 2 aromatic carbocycles. The van der Waals surface area contributed by atoms with Crippen LogP contribution >= 0.6 is 0 Å². The van der Waals surface area contributed by atoms with Gasteiger partial charge in [0, 0.05) is 6.54 Å². The average molecular weight is 469 g/mol. The third-order valence-electron chi connectivity index (χ3n) is 5.49. The van der Waals surface area contributed by atoms with Crippen LogP contribution in [0.2, 0.25) is 0 Å². The third-order valence-corrected chi connectivity index (χ3v) is 5.49. The van der Waals surface area contributed by atoms with Crippen molar-refractivity contribution in [2.45, 2.75) is 52.4 Å². The molecule has 0 fully saturated rings. The molecule has 0 aliphatic carbocycles. The van der Waals surface area contributed by atoms with Crippen LogP contribution in [0, 0.1) is 5.92 Å². The molecule has 0 radical (unpaired) electrons. The van der Waals surface area contributed by atoms with Crippen LogP contribution in [0.25, 0.3) is 0 Å². The van der Waals surface area contributed by atoms with E-state index >= 15 is 0 Å². The van der Waals surface area contributed by atoms with E-state index in [9.17, 15) is 19.6 Å². The lowest BCUT2D eigenvalue weighted by atomic mass is 10.0. The fraction of sp³-hybridized carbons (Fsp3) is 0.423. The van der Waals surface area contributed by atoms with E-state index in [0.29, 0.717) is 35.8 Å². The van der Waals surface area contributed by atoms with Crippen molar-refractivity contribution in [2.24, 2.45) is 5.92 Å². The Hall–Kier alpha value is -3.39. The van der Waals surface area contributed by atoms with Crippen LogP contribution in [0.3, 0.4) is 0 Å². The number of urea groups is 1. The smallest absolute Gasteiger partial charge is 0.286 e. The molecule has 0 saturated carbocycles. The molecule has 1 atom stereocenters. The molecular formula is C26H36N4O4. The Labute approximate surface area is 202 Å². The number of anilines is 2. The standard InChI is InChI=1S/C26H36N4O4/c1-3-5-9-14-22(20-28(34)21-31)25(32)27-29(19-6-4-2)26(33)30(23-15-10-7-11-16-23)24-17-12-8-13-18-24/h7-8,10-13,15-18,21-22,34H,3-6,9,14,19-20H2,1-2H3,(H,27,32)/t22-/m1/s1. The van der Waals surface area contributed by atoms with Crippen LogP contribution in [-0.2, 0) is 9.59 Å². The number of benzene rings is 2. The van der Waals surface area contributed by atoms with E-state index < -0.39 is 11.8 Å². The SMILES string of the molecule is CCCCC[C@H](CN(O)C=O)C(=O)NN(CCCC)C(=O)N(c1ccccc1)c1ccccc1. The number of unbranched alkanes of at least 4 members (excludes halogenated alkanes) is 3. The number of nitrogens with zero attached hydrogens (tertiary/aromatic N) is 3. The molecule has 34 heavy (non-hydrogen) atoms. The maximum Gasteiger partial charge on any atom is 0.347 e. The van der Waals surface area contributed by atoms with Gasteiger partial charge >= 0.3 is 6.03 Å². The second-order valence-corrected chi connectivity index (χ2v) is 8.19. The number of nitrogens with one attached hydrogen (secondary N) is 1. The Morgan fingerprint density at radius 2 is 1.47 bits per heavy atom. The van der Waals surface area contributed by atoms with Crippen LogP contribution < -0.4 is 10.3 Å². The van der Waals surface area contributed by atoms with Crippen LogP contribution in [0.5, 0.6) is 0 Å². The quantitative estimate of drug-likeness (QED) is 0.185. The fourth-order valence-corrected chi connectivity index (χ4v) is 3.60. The number of rotatable bonds is 13. The van der Waals surface area contributed by atoms with Gasteiger partial charge in [-0.3, -0.25) is 25.1 Å². The van der Waals surface area contributed by atoms with Crippen LogP contribution in [-0.4, -0.2) is 46.7 Å². The van der Waals surface area contributed by atoms with Gasteiger partial charge in [-0.15, -0.1) is 0 Å². The van der Waals surface area contributed by atoms with Crippen LogP contribution in [0.1, 0.15) is 52.4 Å². The van der Waals surface area contributed by atoms with Crippen molar-refractivity contribution in [3.63, 3.8) is 0 Å². The molecule has 0 aromatic heterocycles. The molecule has 2 N–H and O–H groups in total. The Kier molecular flexibility index (Phi) is 11.6. The highest BCUT2D eigenvalue weighted by Gasteiger charge is 2.28. The second kappa shape index (κ2) is 14.7. The topological polar surface area (TPSA) is 93.2 Å². The van der Waals surface area contributed by atoms with E-state index in [4.69, 9.17) is 0 Å². The molecule has 0 spiro atoms. The molecule has 0 bridgehead atoms. The highest BCUT2D eigenvalue weighted by atomic mass is 16.5. The third kappa shape index (κ3) is 8.19. The second-order valence-electron chi connectivity index (χ2n) is 8.19. The van der Waals surface area contributed by atoms with Crippen molar-refractivity contribution in [3.8, 4) is 0 Å². The van der Waals surface area contributed by atoms with Crippen molar-refractivity contribution >= 4 is 29.7 Å². The first-order chi connectivity index (χ1) is 16.5. The maximum atomic E-state index is 13.8. The minimum atomic E-state index is -0.638. The zero-order valence-electron chi connectivity index (χ0n) is 20.1.